The number of hydrogen-bond donors (Lipinski definition) is 1. The van der Waals surface area contributed by atoms with Crippen LogP contribution in [0.25, 0.3) is 11.1 Å². The minimum Gasteiger partial charge on any atom is -0.431 e. The summed E-state index contributed by atoms with van der Waals surface area (Å²) < 4.78 is 5.66. The number of hydrogen-bond acceptors (Lipinski definition) is 4. The van der Waals surface area contributed by atoms with E-state index in [1.54, 1.807) is 11.8 Å². The largest absolute Gasteiger partial charge is 0.431 e. The molecule has 0 spiro atoms. The van der Waals surface area contributed by atoms with Gasteiger partial charge >= 0.3 is 0 Å². The van der Waals surface area contributed by atoms with Crippen molar-refractivity contribution in [3.05, 3.63) is 54.6 Å². The number of fused-ring (bicyclic) bond motifs is 1. The first-order valence-electron chi connectivity index (χ1n) is 6.69. The van der Waals surface area contributed by atoms with Crippen LogP contribution in [0.5, 0.6) is 0 Å². The minimum atomic E-state index is 0.755. The van der Waals surface area contributed by atoms with Crippen molar-refractivity contribution in [1.29, 1.82) is 0 Å². The monoisotopic (exact) mass is 284 g/mol. The van der Waals surface area contributed by atoms with Gasteiger partial charge in [-0.2, -0.15) is 0 Å². The predicted molar refractivity (Wildman–Crippen MR) is 84.3 cm³/mol. The molecular formula is C16H16N2OS. The molecule has 0 unspecified atom stereocenters. The first kappa shape index (κ1) is 13.1. The molecule has 1 aromatic heterocycles. The topological polar surface area (TPSA) is 38.1 Å². The van der Waals surface area contributed by atoms with E-state index in [1.165, 1.54) is 5.69 Å². The number of oxazole rings is 1. The highest BCUT2D eigenvalue weighted by atomic mass is 32.2. The fourth-order valence-corrected chi connectivity index (χ4v) is 2.71. The van der Waals surface area contributed by atoms with Gasteiger partial charge in [-0.3, -0.25) is 0 Å². The van der Waals surface area contributed by atoms with Gasteiger partial charge in [0.1, 0.15) is 5.52 Å². The van der Waals surface area contributed by atoms with Crippen LogP contribution in [0.4, 0.5) is 5.69 Å². The second kappa shape index (κ2) is 6.48. The lowest BCUT2D eigenvalue weighted by atomic mass is 10.3. The lowest BCUT2D eigenvalue weighted by Crippen LogP contribution is -2.02. The molecule has 0 saturated heterocycles. The van der Waals surface area contributed by atoms with Crippen LogP contribution in [0.1, 0.15) is 6.42 Å². The van der Waals surface area contributed by atoms with Crippen LogP contribution in [0.3, 0.4) is 0 Å². The van der Waals surface area contributed by atoms with Gasteiger partial charge in [-0.15, -0.1) is 0 Å². The molecule has 3 nitrogen and oxygen atoms in total. The Kier molecular flexibility index (Phi) is 4.23. The molecular weight excluding hydrogens is 268 g/mol. The van der Waals surface area contributed by atoms with Gasteiger partial charge in [0.15, 0.2) is 5.58 Å². The number of aromatic nitrogens is 1. The van der Waals surface area contributed by atoms with Crippen molar-refractivity contribution in [3.8, 4) is 0 Å². The second-order valence-electron chi connectivity index (χ2n) is 4.44. The number of anilines is 1. The van der Waals surface area contributed by atoms with Gasteiger partial charge in [-0.05, 0) is 30.7 Å². The zero-order valence-electron chi connectivity index (χ0n) is 11.1. The molecule has 0 radical (unpaired) electrons. The highest BCUT2D eigenvalue weighted by Crippen LogP contribution is 2.23. The molecule has 0 aliphatic carbocycles. The Morgan fingerprint density at radius 1 is 1.00 bits per heavy atom. The smallest absolute Gasteiger partial charge is 0.256 e. The molecule has 0 aliphatic rings. The lowest BCUT2D eigenvalue weighted by molar-refractivity contribution is 0.489. The third-order valence-electron chi connectivity index (χ3n) is 2.92. The molecule has 20 heavy (non-hydrogen) atoms. The third-order valence-corrected chi connectivity index (χ3v) is 3.84. The Balaban J connectivity index is 1.43. The van der Waals surface area contributed by atoms with Crippen LogP contribution in [-0.2, 0) is 0 Å². The second-order valence-corrected chi connectivity index (χ2v) is 5.49. The maximum absolute atomic E-state index is 5.66. The molecule has 0 atom stereocenters. The molecule has 0 bridgehead atoms. The highest BCUT2D eigenvalue weighted by molar-refractivity contribution is 7.99. The lowest BCUT2D eigenvalue weighted by Gasteiger charge is -2.04. The quantitative estimate of drug-likeness (QED) is 0.537. The number of rotatable bonds is 6. The van der Waals surface area contributed by atoms with Gasteiger partial charge in [0, 0.05) is 18.0 Å². The van der Waals surface area contributed by atoms with Crippen LogP contribution in [0.15, 0.2) is 64.2 Å². The Labute approximate surface area is 122 Å². The summed E-state index contributed by atoms with van der Waals surface area (Å²) in [6.07, 6.45) is 1.07. The number of nitrogens with zero attached hydrogens (tertiary/aromatic N) is 1. The maximum atomic E-state index is 5.66. The van der Waals surface area contributed by atoms with Gasteiger partial charge in [0.05, 0.1) is 0 Å². The minimum absolute atomic E-state index is 0.755. The summed E-state index contributed by atoms with van der Waals surface area (Å²) in [5, 5.41) is 4.15. The fraction of sp³-hybridized carbons (Fsp3) is 0.188. The molecule has 2 aromatic carbocycles. The Bertz CT molecular complexity index is 633. The van der Waals surface area contributed by atoms with Crippen LogP contribution in [0.2, 0.25) is 0 Å². The Hall–Kier alpha value is -1.94. The summed E-state index contributed by atoms with van der Waals surface area (Å²) in [5.74, 6) is 0.993. The van der Waals surface area contributed by atoms with E-state index in [4.69, 9.17) is 4.42 Å². The van der Waals surface area contributed by atoms with Gasteiger partial charge in [0.25, 0.3) is 5.22 Å². The third kappa shape index (κ3) is 3.33. The maximum Gasteiger partial charge on any atom is 0.256 e. The Morgan fingerprint density at radius 2 is 1.80 bits per heavy atom. The summed E-state index contributed by atoms with van der Waals surface area (Å²) in [4.78, 5) is 4.44. The van der Waals surface area contributed by atoms with Crippen LogP contribution in [-0.4, -0.2) is 17.3 Å². The van der Waals surface area contributed by atoms with E-state index in [9.17, 15) is 0 Å². The predicted octanol–water partition coefficient (Wildman–Crippen LogP) is 4.42. The molecule has 4 heteroatoms. The summed E-state index contributed by atoms with van der Waals surface area (Å²) >= 11 is 1.66. The molecule has 102 valence electrons. The van der Waals surface area contributed by atoms with E-state index < -0.39 is 0 Å². The molecule has 0 saturated carbocycles. The highest BCUT2D eigenvalue weighted by Gasteiger charge is 2.04. The normalized spacial score (nSPS) is 10.8. The summed E-state index contributed by atoms with van der Waals surface area (Å²) in [6, 6.07) is 18.1. The zero-order chi connectivity index (χ0) is 13.6. The molecule has 1 N–H and O–H groups in total. The SMILES string of the molecule is c1ccc(NCCCSc2nc3ccccc3o2)cc1. The Morgan fingerprint density at radius 3 is 2.65 bits per heavy atom. The molecule has 3 rings (SSSR count). The summed E-state index contributed by atoms with van der Waals surface area (Å²) in [5.41, 5.74) is 2.95. The van der Waals surface area contributed by atoms with E-state index in [0.717, 1.165) is 35.0 Å². The summed E-state index contributed by atoms with van der Waals surface area (Å²) in [6.45, 7) is 0.956. The van der Waals surface area contributed by atoms with E-state index in [-0.39, 0.29) is 0 Å². The standard InChI is InChI=1S/C16H16N2OS/c1-2-7-13(8-3-1)17-11-6-12-20-16-18-14-9-4-5-10-15(14)19-16/h1-5,7-10,17H,6,11-12H2. The first-order chi connectivity index (χ1) is 9.92. The average molecular weight is 284 g/mol. The van der Waals surface area contributed by atoms with Crippen molar-refractivity contribution in [2.75, 3.05) is 17.6 Å². The van der Waals surface area contributed by atoms with Crippen molar-refractivity contribution in [2.45, 2.75) is 11.6 Å². The van der Waals surface area contributed by atoms with Crippen LogP contribution in [0, 0.1) is 0 Å². The van der Waals surface area contributed by atoms with Gasteiger partial charge < -0.3 is 9.73 Å². The van der Waals surface area contributed by atoms with Gasteiger partial charge in [-0.1, -0.05) is 42.1 Å². The van der Waals surface area contributed by atoms with Gasteiger partial charge in [-0.25, -0.2) is 4.98 Å². The first-order valence-corrected chi connectivity index (χ1v) is 7.68. The molecule has 0 amide bonds. The summed E-state index contributed by atoms with van der Waals surface area (Å²) in [7, 11) is 0. The number of benzene rings is 2. The van der Waals surface area contributed by atoms with Crippen molar-refractivity contribution in [1.82, 2.24) is 4.98 Å². The van der Waals surface area contributed by atoms with E-state index in [0.29, 0.717) is 0 Å². The van der Waals surface area contributed by atoms with Crippen LogP contribution >= 0.6 is 11.8 Å². The molecule has 0 aliphatic heterocycles. The van der Waals surface area contributed by atoms with Crippen molar-refractivity contribution in [2.24, 2.45) is 0 Å². The number of para-hydroxylation sites is 3. The van der Waals surface area contributed by atoms with Crippen molar-refractivity contribution < 1.29 is 4.42 Å². The fourth-order valence-electron chi connectivity index (χ4n) is 1.93. The van der Waals surface area contributed by atoms with E-state index in [2.05, 4.69) is 22.4 Å². The molecule has 0 fully saturated rings. The zero-order valence-corrected chi connectivity index (χ0v) is 11.9. The average Bonchev–Trinajstić information content (AvgIpc) is 2.90. The van der Waals surface area contributed by atoms with Crippen molar-refractivity contribution in [3.63, 3.8) is 0 Å². The molecule has 1 heterocycles. The molecule has 3 aromatic rings. The van der Waals surface area contributed by atoms with E-state index in [1.807, 2.05) is 42.5 Å². The van der Waals surface area contributed by atoms with Gasteiger partial charge in [0.2, 0.25) is 0 Å². The van der Waals surface area contributed by atoms with Crippen LogP contribution < -0.4 is 5.32 Å². The van der Waals surface area contributed by atoms with Crippen molar-refractivity contribution >= 4 is 28.5 Å². The van der Waals surface area contributed by atoms with E-state index >= 15 is 0 Å². The number of thioether (sulfide) groups is 1. The number of nitrogens with one attached hydrogen (secondary N) is 1.